The number of rotatable bonds is 6. The Morgan fingerprint density at radius 3 is 2.67 bits per heavy atom. The maximum absolute atomic E-state index is 6.10. The van der Waals surface area contributed by atoms with Crippen LogP contribution in [0.1, 0.15) is 39.7 Å². The highest BCUT2D eigenvalue weighted by molar-refractivity contribution is 5.83. The predicted molar refractivity (Wildman–Crippen MR) is 89.6 cm³/mol. The summed E-state index contributed by atoms with van der Waals surface area (Å²) in [6.07, 6.45) is 4.10. The monoisotopic (exact) mass is 288 g/mol. The Morgan fingerprint density at radius 2 is 2.00 bits per heavy atom. The molecule has 116 valence electrons. The van der Waals surface area contributed by atoms with Crippen LogP contribution in [0.4, 0.5) is 0 Å². The van der Waals surface area contributed by atoms with Crippen molar-refractivity contribution in [2.45, 2.75) is 58.7 Å². The van der Waals surface area contributed by atoms with E-state index in [2.05, 4.69) is 62.7 Å². The van der Waals surface area contributed by atoms with E-state index in [1.807, 2.05) is 0 Å². The highest BCUT2D eigenvalue weighted by Crippen LogP contribution is 2.22. The van der Waals surface area contributed by atoms with Crippen LogP contribution in [-0.4, -0.2) is 22.8 Å². The smallest absolute Gasteiger partial charge is 0.0652 e. The van der Waals surface area contributed by atoms with Crippen molar-refractivity contribution in [1.29, 1.82) is 0 Å². The Morgan fingerprint density at radius 1 is 1.24 bits per heavy atom. The summed E-state index contributed by atoms with van der Waals surface area (Å²) in [5, 5.41) is 1.32. The van der Waals surface area contributed by atoms with Gasteiger partial charge in [0, 0.05) is 29.7 Å². The summed E-state index contributed by atoms with van der Waals surface area (Å²) in [6, 6.07) is 8.93. The molecule has 0 radical (unpaired) electrons. The molecule has 2 rings (SSSR count). The van der Waals surface area contributed by atoms with Crippen LogP contribution in [-0.2, 0) is 17.7 Å². The number of nitrogens with zero attached hydrogens (tertiary/aromatic N) is 1. The fourth-order valence-electron chi connectivity index (χ4n) is 2.54. The molecule has 1 unspecified atom stereocenters. The Labute approximate surface area is 128 Å². The van der Waals surface area contributed by atoms with E-state index < -0.39 is 0 Å². The lowest BCUT2D eigenvalue weighted by Gasteiger charge is -2.20. The Hall–Kier alpha value is -1.32. The highest BCUT2D eigenvalue weighted by atomic mass is 16.5. The number of fused-ring (bicyclic) bond motifs is 1. The van der Waals surface area contributed by atoms with E-state index in [0.717, 1.165) is 26.0 Å². The van der Waals surface area contributed by atoms with E-state index in [1.165, 1.54) is 16.5 Å². The normalized spacial score (nSPS) is 13.8. The summed E-state index contributed by atoms with van der Waals surface area (Å²) in [4.78, 5) is 0. The molecule has 1 aromatic heterocycles. The number of hydrogen-bond acceptors (Lipinski definition) is 2. The van der Waals surface area contributed by atoms with Gasteiger partial charge in [0.1, 0.15) is 0 Å². The lowest BCUT2D eigenvalue weighted by atomic mass is 10.0. The molecule has 3 nitrogen and oxygen atoms in total. The molecule has 1 heterocycles. The molecule has 0 aliphatic rings. The quantitative estimate of drug-likeness (QED) is 0.879. The van der Waals surface area contributed by atoms with Crippen molar-refractivity contribution in [3.63, 3.8) is 0 Å². The van der Waals surface area contributed by atoms with Gasteiger partial charge in [-0.05, 0) is 51.3 Å². The maximum atomic E-state index is 6.10. The van der Waals surface area contributed by atoms with Crippen LogP contribution in [0.15, 0.2) is 30.5 Å². The minimum Gasteiger partial charge on any atom is -0.374 e. The van der Waals surface area contributed by atoms with Crippen LogP contribution >= 0.6 is 0 Å². The first-order valence-electron chi connectivity index (χ1n) is 7.87. The molecule has 0 aliphatic carbocycles. The third-order valence-electron chi connectivity index (χ3n) is 3.78. The Kier molecular flexibility index (Phi) is 5.07. The number of nitrogens with two attached hydrogens (primary N) is 1. The van der Waals surface area contributed by atoms with Crippen molar-refractivity contribution in [2.24, 2.45) is 5.73 Å². The molecule has 21 heavy (non-hydrogen) atoms. The molecule has 0 aliphatic heterocycles. The molecule has 2 aromatic rings. The molecule has 1 atom stereocenters. The average molecular weight is 288 g/mol. The van der Waals surface area contributed by atoms with Crippen molar-refractivity contribution < 1.29 is 4.74 Å². The minimum atomic E-state index is -0.0813. The van der Waals surface area contributed by atoms with Gasteiger partial charge in [0.2, 0.25) is 0 Å². The summed E-state index contributed by atoms with van der Waals surface area (Å²) >= 11 is 0. The zero-order valence-corrected chi connectivity index (χ0v) is 13.7. The Bertz CT molecular complexity index is 580. The van der Waals surface area contributed by atoms with Gasteiger partial charge in [-0.1, -0.05) is 19.1 Å². The van der Waals surface area contributed by atoms with Gasteiger partial charge in [0.05, 0.1) is 12.2 Å². The van der Waals surface area contributed by atoms with Gasteiger partial charge in [-0.25, -0.2) is 0 Å². The lowest BCUT2D eigenvalue weighted by Crippen LogP contribution is -2.22. The lowest BCUT2D eigenvalue weighted by molar-refractivity contribution is -0.00644. The number of hydrogen-bond donors (Lipinski definition) is 1. The molecule has 3 heteroatoms. The zero-order valence-electron chi connectivity index (χ0n) is 13.7. The second-order valence-electron chi connectivity index (χ2n) is 6.69. The zero-order chi connectivity index (χ0) is 15.5. The molecule has 1 aromatic carbocycles. The second kappa shape index (κ2) is 6.63. The van der Waals surface area contributed by atoms with Gasteiger partial charge in [-0.3, -0.25) is 0 Å². The largest absolute Gasteiger partial charge is 0.374 e. The fraction of sp³-hybridized carbons (Fsp3) is 0.556. The molecule has 0 saturated carbocycles. The van der Waals surface area contributed by atoms with Crippen LogP contribution in [0, 0.1) is 0 Å². The first-order valence-corrected chi connectivity index (χ1v) is 7.87. The van der Waals surface area contributed by atoms with E-state index in [0.29, 0.717) is 0 Å². The molecule has 0 fully saturated rings. The number of ether oxygens (including phenoxy) is 1. The third-order valence-corrected chi connectivity index (χ3v) is 3.78. The third kappa shape index (κ3) is 4.32. The molecule has 0 bridgehead atoms. The summed E-state index contributed by atoms with van der Waals surface area (Å²) in [5.41, 5.74) is 8.64. The second-order valence-corrected chi connectivity index (χ2v) is 6.69. The van der Waals surface area contributed by atoms with Gasteiger partial charge in [0.25, 0.3) is 0 Å². The van der Waals surface area contributed by atoms with Crippen molar-refractivity contribution in [1.82, 2.24) is 4.57 Å². The first kappa shape index (κ1) is 16.1. The highest BCUT2D eigenvalue weighted by Gasteiger charge is 2.11. The van der Waals surface area contributed by atoms with Gasteiger partial charge >= 0.3 is 0 Å². The molecule has 0 amide bonds. The molecule has 0 spiro atoms. The molecular formula is C18H28N2O. The van der Waals surface area contributed by atoms with E-state index in [4.69, 9.17) is 10.5 Å². The summed E-state index contributed by atoms with van der Waals surface area (Å²) < 4.78 is 8.09. The SMILES string of the molecule is CCC(N)Cc1cccc2c1ccn2CCOC(C)(C)C. The van der Waals surface area contributed by atoms with E-state index >= 15 is 0 Å². The van der Waals surface area contributed by atoms with Gasteiger partial charge in [-0.15, -0.1) is 0 Å². The van der Waals surface area contributed by atoms with E-state index in [1.54, 1.807) is 0 Å². The molecule has 0 saturated heterocycles. The van der Waals surface area contributed by atoms with E-state index in [9.17, 15) is 0 Å². The van der Waals surface area contributed by atoms with Crippen LogP contribution < -0.4 is 5.73 Å². The van der Waals surface area contributed by atoms with Crippen molar-refractivity contribution in [2.75, 3.05) is 6.61 Å². The van der Waals surface area contributed by atoms with Crippen molar-refractivity contribution >= 4 is 10.9 Å². The first-order chi connectivity index (χ1) is 9.90. The number of benzene rings is 1. The predicted octanol–water partition coefficient (Wildman–Crippen LogP) is 3.74. The topological polar surface area (TPSA) is 40.2 Å². The van der Waals surface area contributed by atoms with Gasteiger partial charge in [0.15, 0.2) is 0 Å². The number of aromatic nitrogens is 1. The summed E-state index contributed by atoms with van der Waals surface area (Å²) in [5.74, 6) is 0. The molecule has 2 N–H and O–H groups in total. The van der Waals surface area contributed by atoms with Gasteiger partial charge in [-0.2, -0.15) is 0 Å². The van der Waals surface area contributed by atoms with Crippen molar-refractivity contribution in [3.05, 3.63) is 36.0 Å². The van der Waals surface area contributed by atoms with Crippen molar-refractivity contribution in [3.8, 4) is 0 Å². The standard InChI is InChI=1S/C18H28N2O/c1-5-15(19)13-14-7-6-8-17-16(14)9-10-20(17)11-12-21-18(2,3)4/h6-10,15H,5,11-13,19H2,1-4H3. The van der Waals surface area contributed by atoms with Crippen LogP contribution in [0.5, 0.6) is 0 Å². The van der Waals surface area contributed by atoms with E-state index in [-0.39, 0.29) is 11.6 Å². The minimum absolute atomic E-state index is 0.0813. The fourth-order valence-corrected chi connectivity index (χ4v) is 2.54. The molecular weight excluding hydrogens is 260 g/mol. The van der Waals surface area contributed by atoms with Crippen LogP contribution in [0.25, 0.3) is 10.9 Å². The average Bonchev–Trinajstić information content (AvgIpc) is 2.82. The summed E-state index contributed by atoms with van der Waals surface area (Å²) in [6.45, 7) is 10.0. The van der Waals surface area contributed by atoms with Crippen LogP contribution in [0.3, 0.4) is 0 Å². The summed E-state index contributed by atoms with van der Waals surface area (Å²) in [7, 11) is 0. The van der Waals surface area contributed by atoms with Gasteiger partial charge < -0.3 is 15.0 Å². The Balaban J connectivity index is 2.14. The maximum Gasteiger partial charge on any atom is 0.0652 e. The van der Waals surface area contributed by atoms with Crippen LogP contribution in [0.2, 0.25) is 0 Å².